The first-order valence-corrected chi connectivity index (χ1v) is 11.2. The largest absolute Gasteiger partial charge is 0.416 e. The first-order chi connectivity index (χ1) is 14.6. The minimum absolute atomic E-state index is 0.0395. The van der Waals surface area contributed by atoms with Crippen molar-refractivity contribution < 1.29 is 36.3 Å². The van der Waals surface area contributed by atoms with Gasteiger partial charge in [-0.1, -0.05) is 6.07 Å². The molecule has 0 aromatic heterocycles. The molecule has 2 aliphatic heterocycles. The first kappa shape index (κ1) is 23.5. The highest BCUT2D eigenvalue weighted by Gasteiger charge is 2.33. The second kappa shape index (κ2) is 9.55. The Morgan fingerprint density at radius 3 is 2.55 bits per heavy atom. The zero-order chi connectivity index (χ0) is 22.6. The lowest BCUT2D eigenvalue weighted by Crippen LogP contribution is -2.42. The third-order valence-electron chi connectivity index (χ3n) is 5.19. The number of benzene rings is 1. The minimum atomic E-state index is -4.63. The number of hydroxylamine groups is 1. The van der Waals surface area contributed by atoms with Crippen molar-refractivity contribution in [2.75, 3.05) is 32.8 Å². The number of hydrogen-bond acceptors (Lipinski definition) is 6. The Kier molecular flexibility index (Phi) is 7.24. The molecule has 0 saturated carbocycles. The van der Waals surface area contributed by atoms with Crippen molar-refractivity contribution in [3.63, 3.8) is 0 Å². The lowest BCUT2D eigenvalue weighted by molar-refractivity contribution is -0.140. The Labute approximate surface area is 178 Å². The number of hydrogen-bond donors (Lipinski definition) is 2. The summed E-state index contributed by atoms with van der Waals surface area (Å²) in [6.07, 6.45) is -2.15. The van der Waals surface area contributed by atoms with Crippen LogP contribution < -0.4 is 5.48 Å². The highest BCUT2D eigenvalue weighted by molar-refractivity contribution is 7.89. The molecular formula is C19H24F3N3O5S. The molecule has 12 heteroatoms. The van der Waals surface area contributed by atoms with Gasteiger partial charge in [0.2, 0.25) is 10.0 Å². The first-order valence-electron chi connectivity index (χ1n) is 9.77. The van der Waals surface area contributed by atoms with E-state index in [2.05, 4.69) is 5.48 Å². The van der Waals surface area contributed by atoms with Crippen molar-refractivity contribution in [2.24, 2.45) is 0 Å². The van der Waals surface area contributed by atoms with Gasteiger partial charge < -0.3 is 10.0 Å². The lowest BCUT2D eigenvalue weighted by atomic mass is 10.1. The van der Waals surface area contributed by atoms with Crippen LogP contribution in [0, 0.1) is 0 Å². The number of halogens is 3. The normalized spacial score (nSPS) is 19.2. The number of sulfonamides is 1. The second-order valence-corrected chi connectivity index (χ2v) is 9.31. The Balaban J connectivity index is 1.52. The topological polar surface area (TPSA) is 99.2 Å². The summed E-state index contributed by atoms with van der Waals surface area (Å²) in [6.45, 7) is 0.740. The monoisotopic (exact) mass is 463 g/mol. The number of amides is 1. The molecule has 2 heterocycles. The van der Waals surface area contributed by atoms with Gasteiger partial charge >= 0.3 is 6.18 Å². The van der Waals surface area contributed by atoms with Crippen LogP contribution >= 0.6 is 0 Å². The molecule has 1 aromatic rings. The minimum Gasteiger partial charge on any atom is -0.393 e. The fourth-order valence-corrected chi connectivity index (χ4v) is 4.77. The fraction of sp³-hybridized carbons (Fsp3) is 0.526. The van der Waals surface area contributed by atoms with Gasteiger partial charge in [-0.2, -0.15) is 17.5 Å². The number of carbonyl (C=O) groups excluding carboxylic acids is 1. The zero-order valence-corrected chi connectivity index (χ0v) is 17.5. The van der Waals surface area contributed by atoms with Gasteiger partial charge in [0.1, 0.15) is 0 Å². The predicted octanol–water partition coefficient (Wildman–Crippen LogP) is 1.49. The van der Waals surface area contributed by atoms with Crippen LogP contribution in [0.3, 0.4) is 0 Å². The number of likely N-dealkylation sites (tertiary alicyclic amines) is 1. The third-order valence-corrected chi connectivity index (χ3v) is 7.05. The Morgan fingerprint density at radius 2 is 1.94 bits per heavy atom. The van der Waals surface area contributed by atoms with Crippen LogP contribution in [-0.2, 0) is 25.8 Å². The molecule has 1 fully saturated rings. The average molecular weight is 463 g/mol. The smallest absolute Gasteiger partial charge is 0.393 e. The van der Waals surface area contributed by atoms with Gasteiger partial charge in [0.15, 0.2) is 6.61 Å². The van der Waals surface area contributed by atoms with E-state index in [1.54, 1.807) is 11.0 Å². The van der Waals surface area contributed by atoms with Crippen LogP contribution in [-0.4, -0.2) is 67.5 Å². The fourth-order valence-electron chi connectivity index (χ4n) is 3.34. The number of nitrogens with zero attached hydrogens (tertiary/aromatic N) is 2. The summed E-state index contributed by atoms with van der Waals surface area (Å²) >= 11 is 0. The quantitative estimate of drug-likeness (QED) is 0.621. The Bertz CT molecular complexity index is 928. The van der Waals surface area contributed by atoms with Crippen LogP contribution in [0.15, 0.2) is 40.9 Å². The summed E-state index contributed by atoms with van der Waals surface area (Å²) in [7, 11) is -4.08. The molecular weight excluding hydrogens is 439 g/mol. The van der Waals surface area contributed by atoms with E-state index in [-0.39, 0.29) is 38.1 Å². The molecule has 0 aliphatic carbocycles. The maximum Gasteiger partial charge on any atom is 0.416 e. The van der Waals surface area contributed by atoms with Crippen LogP contribution in [0.1, 0.15) is 24.8 Å². The van der Waals surface area contributed by atoms with E-state index >= 15 is 0 Å². The van der Waals surface area contributed by atoms with Gasteiger partial charge in [-0.3, -0.25) is 15.1 Å². The van der Waals surface area contributed by atoms with Crippen molar-refractivity contribution in [1.82, 2.24) is 14.7 Å². The van der Waals surface area contributed by atoms with Crippen LogP contribution in [0.5, 0.6) is 0 Å². The maximum atomic E-state index is 12.9. The number of aliphatic hydroxyl groups excluding tert-OH is 1. The zero-order valence-electron chi connectivity index (χ0n) is 16.6. The lowest BCUT2D eigenvalue weighted by Gasteiger charge is -2.29. The number of aliphatic hydroxyl groups is 1. The molecule has 0 unspecified atom stereocenters. The molecule has 2 aliphatic rings. The van der Waals surface area contributed by atoms with Crippen LogP contribution in [0.4, 0.5) is 13.2 Å². The summed E-state index contributed by atoms with van der Waals surface area (Å²) in [5, 5.41) is 9.47. The third kappa shape index (κ3) is 5.97. The number of piperidine rings is 1. The van der Waals surface area contributed by atoms with Gasteiger partial charge in [-0.25, -0.2) is 8.42 Å². The van der Waals surface area contributed by atoms with Crippen molar-refractivity contribution in [2.45, 2.75) is 36.4 Å². The van der Waals surface area contributed by atoms with E-state index in [0.717, 1.165) is 22.5 Å². The standard InChI is InChI=1S/C19H24F3N3O5S/c20-19(21,22)14-2-1-3-17(12-14)31(28,29)25-10-4-15(5-11-25)23-30-13-18(27)24-8-6-16(26)7-9-24/h1-4,12,16,23,26H,5-11,13H2. The number of rotatable bonds is 6. The predicted molar refractivity (Wildman–Crippen MR) is 104 cm³/mol. The van der Waals surface area contributed by atoms with Crippen molar-refractivity contribution in [3.8, 4) is 0 Å². The average Bonchev–Trinajstić information content (AvgIpc) is 2.74. The molecule has 8 nitrogen and oxygen atoms in total. The summed E-state index contributed by atoms with van der Waals surface area (Å²) in [5.41, 5.74) is 2.19. The van der Waals surface area contributed by atoms with Gasteiger partial charge in [0.25, 0.3) is 5.91 Å². The van der Waals surface area contributed by atoms with Gasteiger partial charge in [-0.15, -0.1) is 0 Å². The highest BCUT2D eigenvalue weighted by atomic mass is 32.2. The molecule has 31 heavy (non-hydrogen) atoms. The van der Waals surface area contributed by atoms with E-state index in [1.807, 2.05) is 0 Å². The van der Waals surface area contributed by atoms with Gasteiger partial charge in [-0.05, 0) is 37.1 Å². The number of nitrogens with one attached hydrogen (secondary N) is 1. The molecule has 1 aromatic carbocycles. The van der Waals surface area contributed by atoms with E-state index in [0.29, 0.717) is 37.7 Å². The van der Waals surface area contributed by atoms with Crippen LogP contribution in [0.2, 0.25) is 0 Å². The Hall–Kier alpha value is -2.15. The molecule has 0 radical (unpaired) electrons. The van der Waals surface area contributed by atoms with E-state index in [4.69, 9.17) is 4.84 Å². The van der Waals surface area contributed by atoms with Crippen LogP contribution in [0.25, 0.3) is 0 Å². The maximum absolute atomic E-state index is 12.9. The second-order valence-electron chi connectivity index (χ2n) is 7.37. The van der Waals surface area contributed by atoms with Gasteiger partial charge in [0.05, 0.1) is 16.6 Å². The van der Waals surface area contributed by atoms with Crippen molar-refractivity contribution in [1.29, 1.82) is 0 Å². The molecule has 2 N–H and O–H groups in total. The molecule has 0 atom stereocenters. The summed E-state index contributed by atoms with van der Waals surface area (Å²) in [4.78, 5) is 18.5. The van der Waals surface area contributed by atoms with E-state index in [9.17, 15) is 31.5 Å². The molecule has 3 rings (SSSR count). The highest BCUT2D eigenvalue weighted by Crippen LogP contribution is 2.31. The molecule has 1 saturated heterocycles. The molecule has 0 spiro atoms. The van der Waals surface area contributed by atoms with Crippen molar-refractivity contribution in [3.05, 3.63) is 41.6 Å². The summed E-state index contributed by atoms with van der Waals surface area (Å²) < 4.78 is 65.1. The van der Waals surface area contributed by atoms with E-state index in [1.165, 1.54) is 0 Å². The van der Waals surface area contributed by atoms with Crippen molar-refractivity contribution >= 4 is 15.9 Å². The number of alkyl halides is 3. The van der Waals surface area contributed by atoms with E-state index < -0.39 is 26.7 Å². The molecule has 0 bridgehead atoms. The Morgan fingerprint density at radius 1 is 1.23 bits per heavy atom. The molecule has 172 valence electrons. The molecule has 1 amide bonds. The number of carbonyl (C=O) groups is 1. The summed E-state index contributed by atoms with van der Waals surface area (Å²) in [6, 6.07) is 3.65. The van der Waals surface area contributed by atoms with Gasteiger partial charge in [0, 0.05) is 38.3 Å². The summed E-state index contributed by atoms with van der Waals surface area (Å²) in [5.74, 6) is -0.218. The SMILES string of the molecule is O=C(CONC1=CCN(S(=O)(=O)c2cccc(C(F)(F)F)c2)CC1)N1CCC(O)CC1.